The summed E-state index contributed by atoms with van der Waals surface area (Å²) in [6, 6.07) is -0.540. The molecule has 2 unspecified atom stereocenters. The van der Waals surface area contributed by atoms with E-state index in [-0.39, 0.29) is 18.5 Å². The van der Waals surface area contributed by atoms with Crippen LogP contribution in [0.2, 0.25) is 0 Å². The van der Waals surface area contributed by atoms with Crippen molar-refractivity contribution in [3.05, 3.63) is 36.5 Å². The molecule has 0 saturated carbocycles. The number of rotatable bonds is 73. The molecule has 2 atom stereocenters. The number of nitrogens with one attached hydrogen (secondary N) is 1. The van der Waals surface area contributed by atoms with E-state index in [2.05, 4.69) is 55.6 Å². The van der Waals surface area contributed by atoms with E-state index in [0.717, 1.165) is 51.4 Å². The normalized spacial score (nSPS) is 12.7. The van der Waals surface area contributed by atoms with E-state index < -0.39 is 12.1 Å². The third kappa shape index (κ3) is 71.0. The Hall–Kier alpha value is -1.92. The Morgan fingerprint density at radius 2 is 0.612 bits per heavy atom. The van der Waals surface area contributed by atoms with Crippen LogP contribution in [0.3, 0.4) is 0 Å². The second kappa shape index (κ2) is 74.5. The number of aliphatic hydroxyl groups excluding tert-OH is 2. The molecule has 0 heterocycles. The predicted molar refractivity (Wildman–Crippen MR) is 375 cm³/mol. The summed E-state index contributed by atoms with van der Waals surface area (Å²) in [5.41, 5.74) is 0. The number of aliphatic hydroxyl groups is 2. The molecule has 3 N–H and O–H groups in total. The maximum absolute atomic E-state index is 12.6. The molecule has 0 aliphatic heterocycles. The molecule has 0 aliphatic carbocycles. The van der Waals surface area contributed by atoms with Gasteiger partial charge in [0.05, 0.1) is 25.4 Å². The summed E-state index contributed by atoms with van der Waals surface area (Å²) < 4.78 is 5.48. The van der Waals surface area contributed by atoms with Gasteiger partial charge in [0.25, 0.3) is 0 Å². The molecule has 0 radical (unpaired) electrons. The number of hydrogen-bond acceptors (Lipinski definition) is 5. The van der Waals surface area contributed by atoms with Gasteiger partial charge in [0, 0.05) is 12.8 Å². The maximum Gasteiger partial charge on any atom is 0.305 e. The number of ether oxygens (including phenoxy) is 1. The second-order valence-electron chi connectivity index (χ2n) is 26.7. The van der Waals surface area contributed by atoms with Crippen LogP contribution in [0.4, 0.5) is 0 Å². The average Bonchev–Trinajstić information content (AvgIpc) is 3.51. The van der Waals surface area contributed by atoms with Crippen molar-refractivity contribution in [1.82, 2.24) is 5.32 Å². The van der Waals surface area contributed by atoms with Crippen molar-refractivity contribution in [3.63, 3.8) is 0 Å². The highest BCUT2D eigenvalue weighted by Gasteiger charge is 2.20. The van der Waals surface area contributed by atoms with E-state index in [4.69, 9.17) is 4.74 Å². The van der Waals surface area contributed by atoms with Gasteiger partial charge >= 0.3 is 5.97 Å². The molecule has 502 valence electrons. The van der Waals surface area contributed by atoms with Gasteiger partial charge in [-0.2, -0.15) is 0 Å². The summed E-state index contributed by atoms with van der Waals surface area (Å²) >= 11 is 0. The maximum atomic E-state index is 12.6. The Morgan fingerprint density at radius 3 is 0.953 bits per heavy atom. The summed E-state index contributed by atoms with van der Waals surface area (Å²) in [6.07, 6.45) is 96.6. The average molecular weight is 1200 g/mol. The minimum atomic E-state index is -0.663. The lowest BCUT2D eigenvalue weighted by atomic mass is 10.0. The molecule has 0 saturated heterocycles. The first-order valence-electron chi connectivity index (χ1n) is 38.7. The minimum absolute atomic E-state index is 0.00383. The molecule has 0 aromatic heterocycles. The van der Waals surface area contributed by atoms with Crippen molar-refractivity contribution in [1.29, 1.82) is 0 Å². The summed E-state index contributed by atoms with van der Waals surface area (Å²) in [5.74, 6) is -0.0231. The van der Waals surface area contributed by atoms with E-state index in [1.807, 2.05) is 0 Å². The van der Waals surface area contributed by atoms with Crippen molar-refractivity contribution in [2.45, 2.75) is 443 Å². The molecule has 6 nitrogen and oxygen atoms in total. The third-order valence-corrected chi connectivity index (χ3v) is 18.1. The quantitative estimate of drug-likeness (QED) is 0.0320. The van der Waals surface area contributed by atoms with Crippen LogP contribution in [0.15, 0.2) is 36.5 Å². The molecule has 0 aromatic carbocycles. The summed E-state index contributed by atoms with van der Waals surface area (Å²) in [6.45, 7) is 4.93. The van der Waals surface area contributed by atoms with Crippen LogP contribution in [0, 0.1) is 0 Å². The fraction of sp³-hybridized carbons (Fsp3) is 0.899. The molecular weight excluding hydrogens is 1040 g/mol. The molecule has 0 rings (SSSR count). The van der Waals surface area contributed by atoms with Gasteiger partial charge in [-0.05, 0) is 77.0 Å². The number of hydrogen-bond donors (Lipinski definition) is 3. The van der Waals surface area contributed by atoms with E-state index in [1.165, 1.54) is 347 Å². The number of amides is 1. The van der Waals surface area contributed by atoms with Gasteiger partial charge in [0.15, 0.2) is 0 Å². The summed E-state index contributed by atoms with van der Waals surface area (Å²) in [4.78, 5) is 24.6. The van der Waals surface area contributed by atoms with Gasteiger partial charge in [-0.25, -0.2) is 0 Å². The van der Waals surface area contributed by atoms with Crippen LogP contribution < -0.4 is 5.32 Å². The lowest BCUT2D eigenvalue weighted by Crippen LogP contribution is -2.45. The fourth-order valence-electron chi connectivity index (χ4n) is 12.3. The van der Waals surface area contributed by atoms with Crippen molar-refractivity contribution in [2.24, 2.45) is 0 Å². The largest absolute Gasteiger partial charge is 0.466 e. The van der Waals surface area contributed by atoms with Crippen LogP contribution in [0.25, 0.3) is 0 Å². The lowest BCUT2D eigenvalue weighted by Gasteiger charge is -2.22. The van der Waals surface area contributed by atoms with Gasteiger partial charge in [-0.15, -0.1) is 0 Å². The van der Waals surface area contributed by atoms with E-state index in [0.29, 0.717) is 25.9 Å². The Bertz CT molecular complexity index is 1380. The zero-order valence-corrected chi connectivity index (χ0v) is 57.6. The first kappa shape index (κ1) is 83.1. The van der Waals surface area contributed by atoms with Gasteiger partial charge in [-0.1, -0.05) is 378 Å². The third-order valence-electron chi connectivity index (χ3n) is 18.1. The van der Waals surface area contributed by atoms with Crippen molar-refractivity contribution < 1.29 is 24.5 Å². The van der Waals surface area contributed by atoms with Gasteiger partial charge in [0.2, 0.25) is 5.91 Å². The SMILES string of the molecule is CCC/C=C\C/C=C\CCCCCCCC(=O)OCCCCCCCCCCCCCC/C=C\CCCCCCCCCCCCCCCCCCCC(=O)NC(CO)C(O)CCCCCCCCCCCCCCCCCCCCCCCC. The number of carbonyl (C=O) groups excluding carboxylic acids is 2. The standard InChI is InChI=1S/C79H151NO5/c1-3-5-7-9-11-13-15-17-18-19-20-21-35-38-41-44-48-51-55-59-63-67-71-77(82)76(75-81)80-78(83)72-68-64-60-56-52-49-45-42-39-36-33-31-29-27-25-23-22-24-26-28-30-32-34-37-40-43-46-50-54-58-62-66-70-74-85-79(84)73-69-65-61-57-53-47-16-14-12-10-8-6-4-2/h8,10,14,16,26,28,76-77,81-82H,3-7,9,11-13,15,17-25,27,29-75H2,1-2H3,(H,80,83)/b10-8-,16-14-,28-26-. The van der Waals surface area contributed by atoms with Crippen LogP contribution in [-0.2, 0) is 14.3 Å². The number of allylic oxidation sites excluding steroid dienone is 6. The highest BCUT2D eigenvalue weighted by atomic mass is 16.5. The van der Waals surface area contributed by atoms with Gasteiger partial charge in [0.1, 0.15) is 0 Å². The Balaban J connectivity index is 3.36. The Labute approximate surface area is 532 Å². The van der Waals surface area contributed by atoms with Crippen LogP contribution in [0.1, 0.15) is 431 Å². The smallest absolute Gasteiger partial charge is 0.305 e. The Morgan fingerprint density at radius 1 is 0.329 bits per heavy atom. The lowest BCUT2D eigenvalue weighted by molar-refractivity contribution is -0.143. The summed E-state index contributed by atoms with van der Waals surface area (Å²) in [5, 5.41) is 23.5. The van der Waals surface area contributed by atoms with Gasteiger partial charge in [-0.3, -0.25) is 9.59 Å². The molecule has 0 fully saturated rings. The second-order valence-corrected chi connectivity index (χ2v) is 26.7. The zero-order chi connectivity index (χ0) is 61.3. The highest BCUT2D eigenvalue weighted by molar-refractivity contribution is 5.76. The summed E-state index contributed by atoms with van der Waals surface area (Å²) in [7, 11) is 0. The number of unbranched alkanes of at least 4 members (excludes halogenated alkanes) is 56. The topological polar surface area (TPSA) is 95.9 Å². The molecule has 1 amide bonds. The number of esters is 1. The molecule has 0 aliphatic rings. The minimum Gasteiger partial charge on any atom is -0.466 e. The van der Waals surface area contributed by atoms with Crippen LogP contribution in [0.5, 0.6) is 0 Å². The molecular formula is C79H151NO5. The van der Waals surface area contributed by atoms with Crippen molar-refractivity contribution in [3.8, 4) is 0 Å². The zero-order valence-electron chi connectivity index (χ0n) is 57.6. The van der Waals surface area contributed by atoms with Crippen LogP contribution in [-0.4, -0.2) is 47.4 Å². The molecule has 0 bridgehead atoms. The first-order chi connectivity index (χ1) is 42.0. The highest BCUT2D eigenvalue weighted by Crippen LogP contribution is 2.20. The van der Waals surface area contributed by atoms with Crippen molar-refractivity contribution >= 4 is 11.9 Å². The monoisotopic (exact) mass is 1190 g/mol. The van der Waals surface area contributed by atoms with E-state index in [9.17, 15) is 19.8 Å². The predicted octanol–water partition coefficient (Wildman–Crippen LogP) is 25.4. The van der Waals surface area contributed by atoms with E-state index in [1.54, 1.807) is 0 Å². The van der Waals surface area contributed by atoms with Crippen LogP contribution >= 0.6 is 0 Å². The molecule has 0 spiro atoms. The molecule has 0 aromatic rings. The van der Waals surface area contributed by atoms with E-state index >= 15 is 0 Å². The first-order valence-corrected chi connectivity index (χ1v) is 38.7. The fourth-order valence-corrected chi connectivity index (χ4v) is 12.3. The molecule has 6 heteroatoms. The number of carbonyl (C=O) groups is 2. The molecule has 85 heavy (non-hydrogen) atoms. The van der Waals surface area contributed by atoms with Gasteiger partial charge < -0.3 is 20.3 Å². The van der Waals surface area contributed by atoms with Crippen molar-refractivity contribution in [2.75, 3.05) is 13.2 Å². The Kier molecular flexibility index (Phi) is 72.9.